The summed E-state index contributed by atoms with van der Waals surface area (Å²) in [5.41, 5.74) is 1.19. The zero-order chi connectivity index (χ0) is 16.3. The lowest BCUT2D eigenvalue weighted by molar-refractivity contribution is 0.563. The van der Waals surface area contributed by atoms with Gasteiger partial charge in [0.2, 0.25) is 10.0 Å². The van der Waals surface area contributed by atoms with E-state index in [4.69, 9.17) is 0 Å². The van der Waals surface area contributed by atoms with Crippen molar-refractivity contribution in [3.8, 4) is 0 Å². The van der Waals surface area contributed by atoms with Crippen molar-refractivity contribution in [2.24, 2.45) is 0 Å². The van der Waals surface area contributed by atoms with Crippen LogP contribution in [0.15, 0.2) is 29.2 Å². The highest BCUT2D eigenvalue weighted by Crippen LogP contribution is 2.12. The highest BCUT2D eigenvalue weighted by molar-refractivity contribution is 7.89. The van der Waals surface area contributed by atoms with Crippen molar-refractivity contribution >= 4 is 10.0 Å². The molecular weight excluding hydrogens is 294 g/mol. The van der Waals surface area contributed by atoms with E-state index in [1.807, 2.05) is 12.1 Å². The first kappa shape index (κ1) is 19.2. The van der Waals surface area contributed by atoms with Gasteiger partial charge in [-0.2, -0.15) is 0 Å². The SMILES string of the molecule is CCCCCCCCCNS(=O)(=O)c1ccc(CCC)cc1. The van der Waals surface area contributed by atoms with Crippen LogP contribution in [0.25, 0.3) is 0 Å². The lowest BCUT2D eigenvalue weighted by Crippen LogP contribution is -2.24. The molecule has 0 aliphatic heterocycles. The first-order valence-corrected chi connectivity index (χ1v) is 10.2. The van der Waals surface area contributed by atoms with Crippen LogP contribution in [0, 0.1) is 0 Å². The molecule has 4 heteroatoms. The molecular formula is C18H31NO2S. The van der Waals surface area contributed by atoms with Crippen molar-refractivity contribution in [2.45, 2.75) is 76.5 Å². The molecule has 1 rings (SSSR count). The van der Waals surface area contributed by atoms with E-state index in [0.717, 1.165) is 25.7 Å². The molecule has 3 nitrogen and oxygen atoms in total. The van der Waals surface area contributed by atoms with Crippen molar-refractivity contribution in [1.29, 1.82) is 0 Å². The maximum Gasteiger partial charge on any atom is 0.240 e. The van der Waals surface area contributed by atoms with Gasteiger partial charge in [0.15, 0.2) is 0 Å². The Kier molecular flexibility index (Phi) is 9.41. The van der Waals surface area contributed by atoms with Crippen LogP contribution in [0.4, 0.5) is 0 Å². The summed E-state index contributed by atoms with van der Waals surface area (Å²) >= 11 is 0. The number of hydrogen-bond donors (Lipinski definition) is 1. The van der Waals surface area contributed by atoms with Crippen LogP contribution in [0.1, 0.15) is 70.8 Å². The van der Waals surface area contributed by atoms with Gasteiger partial charge in [-0.05, 0) is 30.5 Å². The third-order valence-corrected chi connectivity index (χ3v) is 5.32. The van der Waals surface area contributed by atoms with Crippen LogP contribution < -0.4 is 4.72 Å². The van der Waals surface area contributed by atoms with E-state index in [1.54, 1.807) is 12.1 Å². The van der Waals surface area contributed by atoms with Crippen LogP contribution in [0.2, 0.25) is 0 Å². The highest BCUT2D eigenvalue weighted by Gasteiger charge is 2.12. The Balaban J connectivity index is 2.28. The molecule has 0 saturated heterocycles. The lowest BCUT2D eigenvalue weighted by atomic mass is 10.1. The average molecular weight is 326 g/mol. The van der Waals surface area contributed by atoms with Crippen molar-refractivity contribution < 1.29 is 8.42 Å². The summed E-state index contributed by atoms with van der Waals surface area (Å²) in [6, 6.07) is 7.23. The maximum atomic E-state index is 12.2. The lowest BCUT2D eigenvalue weighted by Gasteiger charge is -2.07. The minimum atomic E-state index is -3.34. The molecule has 0 fully saturated rings. The van der Waals surface area contributed by atoms with E-state index in [1.165, 1.54) is 37.7 Å². The Morgan fingerprint density at radius 3 is 2.00 bits per heavy atom. The van der Waals surface area contributed by atoms with Gasteiger partial charge in [0, 0.05) is 6.54 Å². The van der Waals surface area contributed by atoms with Gasteiger partial charge in [0.05, 0.1) is 4.90 Å². The van der Waals surface area contributed by atoms with E-state index in [-0.39, 0.29) is 0 Å². The van der Waals surface area contributed by atoms with E-state index in [9.17, 15) is 8.42 Å². The van der Waals surface area contributed by atoms with Gasteiger partial charge in [-0.15, -0.1) is 0 Å². The zero-order valence-corrected chi connectivity index (χ0v) is 14.9. The molecule has 0 atom stereocenters. The van der Waals surface area contributed by atoms with Gasteiger partial charge < -0.3 is 0 Å². The Morgan fingerprint density at radius 2 is 1.41 bits per heavy atom. The minimum absolute atomic E-state index is 0.371. The van der Waals surface area contributed by atoms with Crippen molar-refractivity contribution in [1.82, 2.24) is 4.72 Å². The van der Waals surface area contributed by atoms with Crippen LogP contribution in [-0.2, 0) is 16.4 Å². The predicted octanol–water partition coefficient (Wildman–Crippen LogP) is 4.67. The Morgan fingerprint density at radius 1 is 0.818 bits per heavy atom. The molecule has 0 aliphatic rings. The molecule has 0 unspecified atom stereocenters. The Bertz CT molecular complexity index is 494. The molecule has 0 saturated carbocycles. The van der Waals surface area contributed by atoms with Crippen LogP contribution in [-0.4, -0.2) is 15.0 Å². The Hall–Kier alpha value is -0.870. The molecule has 0 heterocycles. The molecule has 0 aliphatic carbocycles. The number of hydrogen-bond acceptors (Lipinski definition) is 2. The third kappa shape index (κ3) is 7.41. The summed E-state index contributed by atoms with van der Waals surface area (Å²) in [6.07, 6.45) is 10.4. The predicted molar refractivity (Wildman–Crippen MR) is 93.6 cm³/mol. The molecule has 0 bridgehead atoms. The first-order chi connectivity index (χ1) is 10.6. The van der Waals surface area contributed by atoms with Crippen molar-refractivity contribution in [2.75, 3.05) is 6.54 Å². The summed E-state index contributed by atoms with van der Waals surface area (Å²) in [4.78, 5) is 0.371. The topological polar surface area (TPSA) is 46.2 Å². The van der Waals surface area contributed by atoms with Crippen LogP contribution >= 0.6 is 0 Å². The van der Waals surface area contributed by atoms with Gasteiger partial charge in [-0.3, -0.25) is 0 Å². The van der Waals surface area contributed by atoms with Crippen molar-refractivity contribution in [3.63, 3.8) is 0 Å². The van der Waals surface area contributed by atoms with Gasteiger partial charge in [-0.1, -0.05) is 70.9 Å². The van der Waals surface area contributed by atoms with E-state index in [2.05, 4.69) is 18.6 Å². The average Bonchev–Trinajstić information content (AvgIpc) is 2.51. The van der Waals surface area contributed by atoms with E-state index >= 15 is 0 Å². The van der Waals surface area contributed by atoms with E-state index in [0.29, 0.717) is 11.4 Å². The number of nitrogens with one attached hydrogen (secondary N) is 1. The summed E-state index contributed by atoms with van der Waals surface area (Å²) in [7, 11) is -3.34. The normalized spacial score (nSPS) is 11.7. The summed E-state index contributed by atoms with van der Waals surface area (Å²) in [6.45, 7) is 4.87. The maximum absolute atomic E-state index is 12.2. The van der Waals surface area contributed by atoms with Crippen LogP contribution in [0.5, 0.6) is 0 Å². The fraction of sp³-hybridized carbons (Fsp3) is 0.667. The van der Waals surface area contributed by atoms with Gasteiger partial charge in [0.1, 0.15) is 0 Å². The minimum Gasteiger partial charge on any atom is -0.211 e. The number of sulfonamides is 1. The molecule has 22 heavy (non-hydrogen) atoms. The van der Waals surface area contributed by atoms with Crippen molar-refractivity contribution in [3.05, 3.63) is 29.8 Å². The zero-order valence-electron chi connectivity index (χ0n) is 14.1. The second-order valence-electron chi connectivity index (χ2n) is 5.91. The van der Waals surface area contributed by atoms with E-state index < -0.39 is 10.0 Å². The second kappa shape index (κ2) is 10.8. The summed E-state index contributed by atoms with van der Waals surface area (Å²) < 4.78 is 27.0. The Labute approximate surface area is 136 Å². The molecule has 1 aromatic carbocycles. The standard InChI is InChI=1S/C18H31NO2S/c1-3-5-6-7-8-9-10-16-19-22(20,21)18-14-12-17(11-4-2)13-15-18/h12-15,19H,3-11,16H2,1-2H3. The van der Waals surface area contributed by atoms with Gasteiger partial charge in [0.25, 0.3) is 0 Å². The largest absolute Gasteiger partial charge is 0.240 e. The molecule has 1 aromatic rings. The van der Waals surface area contributed by atoms with Crippen LogP contribution in [0.3, 0.4) is 0 Å². The van der Waals surface area contributed by atoms with Gasteiger partial charge >= 0.3 is 0 Å². The smallest absolute Gasteiger partial charge is 0.211 e. The monoisotopic (exact) mass is 325 g/mol. The highest BCUT2D eigenvalue weighted by atomic mass is 32.2. The second-order valence-corrected chi connectivity index (χ2v) is 7.68. The number of aryl methyl sites for hydroxylation is 1. The fourth-order valence-corrected chi connectivity index (χ4v) is 3.57. The molecule has 1 N–H and O–H groups in total. The molecule has 0 amide bonds. The summed E-state index contributed by atoms with van der Waals surface area (Å²) in [5, 5.41) is 0. The summed E-state index contributed by atoms with van der Waals surface area (Å²) in [5.74, 6) is 0. The quantitative estimate of drug-likeness (QED) is 0.568. The fourth-order valence-electron chi connectivity index (χ4n) is 2.50. The molecule has 0 spiro atoms. The third-order valence-electron chi connectivity index (χ3n) is 3.84. The number of unbranched alkanes of at least 4 members (excludes halogenated alkanes) is 6. The van der Waals surface area contributed by atoms with Gasteiger partial charge in [-0.25, -0.2) is 13.1 Å². The molecule has 126 valence electrons. The molecule has 0 aromatic heterocycles. The number of benzene rings is 1. The first-order valence-electron chi connectivity index (χ1n) is 8.68. The molecule has 0 radical (unpaired) electrons. The number of rotatable bonds is 12.